The first-order chi connectivity index (χ1) is 16.7. The molecular formula is C24H18ClFN2O6S. The molecule has 3 aromatic rings. The Hall–Kier alpha value is -3.47. The smallest absolute Gasteiger partial charge is 0.252 e. The molecule has 0 radical (unpaired) electrons. The highest BCUT2D eigenvalue weighted by atomic mass is 35.5. The number of anilines is 1. The molecule has 35 heavy (non-hydrogen) atoms. The topological polar surface area (TPSA) is 93.2 Å². The van der Waals surface area contributed by atoms with Crippen LogP contribution in [0.2, 0.25) is 5.02 Å². The minimum atomic E-state index is -4.24. The summed E-state index contributed by atoms with van der Waals surface area (Å²) in [7, 11) is -4.24. The van der Waals surface area contributed by atoms with Gasteiger partial charge in [-0.3, -0.25) is 9.59 Å². The highest BCUT2D eigenvalue weighted by Crippen LogP contribution is 2.35. The van der Waals surface area contributed by atoms with Gasteiger partial charge in [0.2, 0.25) is 22.7 Å². The molecule has 0 bridgehead atoms. The number of benzene rings is 3. The number of ether oxygens (including phenoxy) is 2. The van der Waals surface area contributed by atoms with Crippen molar-refractivity contribution in [1.82, 2.24) is 4.31 Å². The Morgan fingerprint density at radius 3 is 2.37 bits per heavy atom. The number of hydrogen-bond acceptors (Lipinski definition) is 6. The third-order valence-electron chi connectivity index (χ3n) is 5.75. The molecule has 0 aliphatic carbocycles. The van der Waals surface area contributed by atoms with Gasteiger partial charge in [-0.25, -0.2) is 17.7 Å². The van der Waals surface area contributed by atoms with E-state index in [2.05, 4.69) is 0 Å². The van der Waals surface area contributed by atoms with E-state index in [1.165, 1.54) is 36.4 Å². The average molecular weight is 517 g/mol. The minimum absolute atomic E-state index is 0.0494. The largest absolute Gasteiger partial charge is 0.454 e. The zero-order chi connectivity index (χ0) is 24.7. The number of sulfonamides is 1. The molecule has 2 aliphatic rings. The van der Waals surface area contributed by atoms with E-state index in [0.29, 0.717) is 22.1 Å². The fourth-order valence-electron chi connectivity index (χ4n) is 4.03. The van der Waals surface area contributed by atoms with Crippen LogP contribution in [0.25, 0.3) is 0 Å². The molecule has 0 spiro atoms. The number of carbonyl (C=O) groups is 2. The average Bonchev–Trinajstić information content (AvgIpc) is 3.41. The second-order valence-electron chi connectivity index (χ2n) is 7.96. The fourth-order valence-corrected chi connectivity index (χ4v) is 5.72. The Balaban J connectivity index is 1.54. The van der Waals surface area contributed by atoms with Crippen LogP contribution in [0.3, 0.4) is 0 Å². The maximum absolute atomic E-state index is 13.7. The van der Waals surface area contributed by atoms with Gasteiger partial charge in [-0.1, -0.05) is 17.7 Å². The maximum Gasteiger partial charge on any atom is 0.252 e. The molecule has 0 aromatic heterocycles. The first kappa shape index (κ1) is 23.3. The summed E-state index contributed by atoms with van der Waals surface area (Å²) in [4.78, 5) is 27.0. The van der Waals surface area contributed by atoms with Crippen LogP contribution in [0, 0.1) is 5.82 Å². The van der Waals surface area contributed by atoms with Gasteiger partial charge < -0.3 is 9.47 Å². The van der Waals surface area contributed by atoms with Crippen molar-refractivity contribution < 1.29 is 31.9 Å². The number of imide groups is 1. The zero-order valence-corrected chi connectivity index (χ0v) is 19.6. The summed E-state index contributed by atoms with van der Waals surface area (Å²) >= 11 is 5.93. The SMILES string of the molecule is O=C1CC(N(Cc2ccc3c(c2)OCO3)S(=O)(=O)c2ccc(Cl)cc2)C(=O)N1c1ccc(F)cc1. The lowest BCUT2D eigenvalue weighted by atomic mass is 10.1. The lowest BCUT2D eigenvalue weighted by Gasteiger charge is -2.27. The van der Waals surface area contributed by atoms with Crippen LogP contribution >= 0.6 is 11.6 Å². The summed E-state index contributed by atoms with van der Waals surface area (Å²) in [5.74, 6) is -0.865. The number of amides is 2. The molecule has 11 heteroatoms. The van der Waals surface area contributed by atoms with Crippen molar-refractivity contribution in [2.24, 2.45) is 0 Å². The number of fused-ring (bicyclic) bond motifs is 1. The molecule has 1 unspecified atom stereocenters. The second kappa shape index (κ2) is 8.95. The number of carbonyl (C=O) groups excluding carboxylic acids is 2. The third-order valence-corrected chi connectivity index (χ3v) is 7.87. The van der Waals surface area contributed by atoms with Crippen molar-refractivity contribution >= 4 is 39.1 Å². The van der Waals surface area contributed by atoms with Crippen molar-refractivity contribution in [3.8, 4) is 11.5 Å². The van der Waals surface area contributed by atoms with E-state index in [1.54, 1.807) is 18.2 Å². The van der Waals surface area contributed by atoms with Crippen LogP contribution in [0.1, 0.15) is 12.0 Å². The molecule has 1 saturated heterocycles. The highest BCUT2D eigenvalue weighted by molar-refractivity contribution is 7.89. The Bertz CT molecular complexity index is 1410. The number of nitrogens with zero attached hydrogens (tertiary/aromatic N) is 2. The van der Waals surface area contributed by atoms with E-state index in [9.17, 15) is 22.4 Å². The monoisotopic (exact) mass is 516 g/mol. The summed E-state index contributed by atoms with van der Waals surface area (Å²) in [5, 5.41) is 0.348. The molecule has 0 saturated carbocycles. The van der Waals surface area contributed by atoms with E-state index in [1.807, 2.05) is 0 Å². The van der Waals surface area contributed by atoms with Crippen LogP contribution in [0.5, 0.6) is 11.5 Å². The Morgan fingerprint density at radius 2 is 1.66 bits per heavy atom. The number of hydrogen-bond donors (Lipinski definition) is 0. The predicted molar refractivity (Wildman–Crippen MR) is 124 cm³/mol. The molecule has 2 heterocycles. The van der Waals surface area contributed by atoms with Gasteiger partial charge in [-0.2, -0.15) is 4.31 Å². The number of halogens is 2. The Labute approximate surface area is 205 Å². The summed E-state index contributed by atoms with van der Waals surface area (Å²) < 4.78 is 52.5. The molecule has 5 rings (SSSR count). The van der Waals surface area contributed by atoms with Gasteiger partial charge >= 0.3 is 0 Å². The van der Waals surface area contributed by atoms with Gasteiger partial charge in [-0.15, -0.1) is 0 Å². The Kier molecular flexibility index (Phi) is 5.96. The van der Waals surface area contributed by atoms with Crippen molar-refractivity contribution in [2.45, 2.75) is 23.9 Å². The standard InChI is InChI=1S/C24H18ClFN2O6S/c25-16-2-8-19(9-3-16)35(31,32)27(13-15-1-10-21-22(11-15)34-14-33-21)20-12-23(29)28(24(20)30)18-6-4-17(26)5-7-18/h1-11,20H,12-14H2. The molecule has 3 aromatic carbocycles. The van der Waals surface area contributed by atoms with Crippen LogP contribution in [0.15, 0.2) is 71.6 Å². The van der Waals surface area contributed by atoms with Crippen LogP contribution in [-0.4, -0.2) is 37.4 Å². The van der Waals surface area contributed by atoms with Gasteiger partial charge in [0, 0.05) is 11.6 Å². The molecule has 1 fully saturated rings. The maximum atomic E-state index is 13.7. The predicted octanol–water partition coefficient (Wildman–Crippen LogP) is 3.73. The fraction of sp³-hybridized carbons (Fsp3) is 0.167. The summed E-state index contributed by atoms with van der Waals surface area (Å²) in [6.45, 7) is -0.156. The molecule has 0 N–H and O–H groups in total. The van der Waals surface area contributed by atoms with Crippen molar-refractivity contribution in [1.29, 1.82) is 0 Å². The highest BCUT2D eigenvalue weighted by Gasteiger charge is 2.47. The van der Waals surface area contributed by atoms with E-state index < -0.39 is 33.7 Å². The molecule has 8 nitrogen and oxygen atoms in total. The quantitative estimate of drug-likeness (QED) is 0.463. The molecule has 180 valence electrons. The van der Waals surface area contributed by atoms with Gasteiger partial charge in [0.15, 0.2) is 11.5 Å². The Morgan fingerprint density at radius 1 is 0.971 bits per heavy atom. The number of rotatable bonds is 6. The molecule has 2 aliphatic heterocycles. The zero-order valence-electron chi connectivity index (χ0n) is 18.1. The molecule has 2 amide bonds. The van der Waals surface area contributed by atoms with Crippen molar-refractivity contribution in [3.63, 3.8) is 0 Å². The van der Waals surface area contributed by atoms with Gasteiger partial charge in [0.1, 0.15) is 11.9 Å². The first-order valence-electron chi connectivity index (χ1n) is 10.5. The van der Waals surface area contributed by atoms with E-state index in [4.69, 9.17) is 21.1 Å². The van der Waals surface area contributed by atoms with E-state index in [-0.39, 0.29) is 30.3 Å². The van der Waals surface area contributed by atoms with E-state index in [0.717, 1.165) is 21.3 Å². The third kappa shape index (κ3) is 4.36. The van der Waals surface area contributed by atoms with Crippen LogP contribution in [0.4, 0.5) is 10.1 Å². The van der Waals surface area contributed by atoms with Crippen LogP contribution < -0.4 is 14.4 Å². The lowest BCUT2D eigenvalue weighted by Crippen LogP contribution is -2.45. The minimum Gasteiger partial charge on any atom is -0.454 e. The summed E-state index contributed by atoms with van der Waals surface area (Å²) in [6, 6.07) is 14.0. The second-order valence-corrected chi connectivity index (χ2v) is 10.3. The molecule has 1 atom stereocenters. The van der Waals surface area contributed by atoms with Gasteiger partial charge in [-0.05, 0) is 66.2 Å². The molecular weight excluding hydrogens is 499 g/mol. The normalized spacial score (nSPS) is 17.5. The van der Waals surface area contributed by atoms with E-state index >= 15 is 0 Å². The van der Waals surface area contributed by atoms with Crippen LogP contribution in [-0.2, 0) is 26.2 Å². The van der Waals surface area contributed by atoms with Crippen molar-refractivity contribution in [3.05, 3.63) is 83.1 Å². The first-order valence-corrected chi connectivity index (χ1v) is 12.3. The van der Waals surface area contributed by atoms with Gasteiger partial charge in [0.05, 0.1) is 17.0 Å². The van der Waals surface area contributed by atoms with Gasteiger partial charge in [0.25, 0.3) is 5.91 Å². The van der Waals surface area contributed by atoms with Crippen molar-refractivity contribution in [2.75, 3.05) is 11.7 Å². The summed E-state index contributed by atoms with van der Waals surface area (Å²) in [6.07, 6.45) is -0.367. The lowest BCUT2D eigenvalue weighted by molar-refractivity contribution is -0.122. The summed E-state index contributed by atoms with van der Waals surface area (Å²) in [5.41, 5.74) is 0.697.